The number of anilines is 6. The van der Waals surface area contributed by atoms with E-state index in [-0.39, 0.29) is 0 Å². The van der Waals surface area contributed by atoms with Gasteiger partial charge in [0.05, 0.1) is 22.7 Å². The van der Waals surface area contributed by atoms with E-state index < -0.39 is 0 Å². The average Bonchev–Trinajstić information content (AvgIpc) is 0.834. The van der Waals surface area contributed by atoms with Gasteiger partial charge in [-0.1, -0.05) is 212 Å². The van der Waals surface area contributed by atoms with Crippen molar-refractivity contribution in [1.82, 2.24) is 0 Å². The van der Waals surface area contributed by atoms with E-state index in [1.54, 1.807) is 0 Å². The third-order valence-corrected chi connectivity index (χ3v) is 20.7. The Morgan fingerprint density at radius 2 is 0.656 bits per heavy atom. The van der Waals surface area contributed by atoms with E-state index in [0.29, 0.717) is 23.7 Å². The number of fused-ring (bicyclic) bond motifs is 6. The molecule has 4 nitrogen and oxygen atoms in total. The molecule has 0 unspecified atom stereocenters. The van der Waals surface area contributed by atoms with Crippen LogP contribution < -0.4 is 9.80 Å². The van der Waals surface area contributed by atoms with Crippen molar-refractivity contribution in [1.29, 1.82) is 0 Å². The number of hydrogen-bond donors (Lipinski definition) is 0. The van der Waals surface area contributed by atoms with Crippen molar-refractivity contribution in [3.63, 3.8) is 0 Å². The Balaban J connectivity index is 1.01. The number of benzene rings is 12. The lowest BCUT2D eigenvalue weighted by atomic mass is 9.77. The van der Waals surface area contributed by atoms with Gasteiger partial charge in [0, 0.05) is 54.8 Å². The summed E-state index contributed by atoms with van der Waals surface area (Å²) in [5, 5.41) is 12.5. The first-order chi connectivity index (χ1) is 43.9. The minimum absolute atomic E-state index is 0.354. The van der Waals surface area contributed by atoms with Gasteiger partial charge in [-0.2, -0.15) is 0 Å². The number of hydrogen-bond acceptors (Lipinski definition) is 4. The highest BCUT2D eigenvalue weighted by atomic mass is 16.3. The van der Waals surface area contributed by atoms with Crippen molar-refractivity contribution in [2.75, 3.05) is 9.80 Å². The third-order valence-electron chi connectivity index (χ3n) is 20.7. The monoisotopic (exact) mass is 1170 g/mol. The maximum absolute atomic E-state index is 7.52. The van der Waals surface area contributed by atoms with E-state index in [1.807, 2.05) is 0 Å². The van der Waals surface area contributed by atoms with Crippen molar-refractivity contribution >= 4 is 110 Å². The molecule has 14 aromatic rings. The first-order valence-corrected chi connectivity index (χ1v) is 33.6. The summed E-state index contributed by atoms with van der Waals surface area (Å²) in [5.41, 5.74) is 25.6. The molecule has 2 fully saturated rings. The van der Waals surface area contributed by atoms with E-state index in [9.17, 15) is 0 Å². The highest BCUT2D eigenvalue weighted by Gasteiger charge is 2.32. The first-order valence-electron chi connectivity index (χ1n) is 33.6. The van der Waals surface area contributed by atoms with Gasteiger partial charge >= 0.3 is 0 Å². The summed E-state index contributed by atoms with van der Waals surface area (Å²) < 4.78 is 15.0. The van der Waals surface area contributed by atoms with Crippen LogP contribution in [-0.4, -0.2) is 0 Å². The zero-order valence-corrected chi connectivity index (χ0v) is 53.6. The van der Waals surface area contributed by atoms with Crippen LogP contribution in [-0.2, 0) is 0 Å². The minimum Gasteiger partial charge on any atom is -0.453 e. The SMILES string of the molecule is Cc1cc(C)cc(N(c2cc(C3CCCCC3)c3ccc4c(N(c5cc(C)cc(C)c5)c5cccc6c5oc5c(-c7ccccc7C(C)C)cccc56)cc(C5CCCCC5)c5ccc2c3c54)c2cccc3c2oc2c(-c4ccccc4C(C)C)cccc23)c1. The van der Waals surface area contributed by atoms with Crippen LogP contribution in [0.5, 0.6) is 0 Å². The molecule has 0 bridgehead atoms. The van der Waals surface area contributed by atoms with Gasteiger partial charge in [-0.15, -0.1) is 0 Å². The van der Waals surface area contributed by atoms with Crippen molar-refractivity contribution in [3.8, 4) is 22.3 Å². The lowest BCUT2D eigenvalue weighted by Gasteiger charge is -2.33. The molecule has 0 radical (unpaired) electrons. The zero-order valence-electron chi connectivity index (χ0n) is 53.6. The highest BCUT2D eigenvalue weighted by Crippen LogP contribution is 2.56. The maximum Gasteiger partial charge on any atom is 0.159 e. The predicted octanol–water partition coefficient (Wildman–Crippen LogP) is 26.2. The molecule has 0 atom stereocenters. The number of para-hydroxylation sites is 4. The molecule has 0 spiro atoms. The molecule has 0 saturated heterocycles. The fourth-order valence-corrected chi connectivity index (χ4v) is 16.7. The second-order valence-corrected chi connectivity index (χ2v) is 27.4. The molecule has 0 N–H and O–H groups in total. The number of furan rings is 2. The van der Waals surface area contributed by atoms with Crippen LogP contribution >= 0.6 is 0 Å². The van der Waals surface area contributed by atoms with Gasteiger partial charge in [-0.3, -0.25) is 0 Å². The van der Waals surface area contributed by atoms with Gasteiger partial charge < -0.3 is 18.6 Å². The van der Waals surface area contributed by atoms with Crippen LogP contribution in [0.1, 0.15) is 160 Å². The Morgan fingerprint density at radius 3 is 1.04 bits per heavy atom. The molecule has 2 heterocycles. The smallest absolute Gasteiger partial charge is 0.159 e. The van der Waals surface area contributed by atoms with Crippen molar-refractivity contribution in [2.24, 2.45) is 0 Å². The topological polar surface area (TPSA) is 32.8 Å². The van der Waals surface area contributed by atoms with Crippen LogP contribution in [0.2, 0.25) is 0 Å². The molecule has 2 aromatic heterocycles. The highest BCUT2D eigenvalue weighted by molar-refractivity contribution is 6.30. The molecule has 4 heteroatoms. The van der Waals surface area contributed by atoms with Gasteiger partial charge in [0.1, 0.15) is 11.2 Å². The van der Waals surface area contributed by atoms with Gasteiger partial charge in [0.2, 0.25) is 0 Å². The van der Waals surface area contributed by atoms with Gasteiger partial charge in [-0.05, 0) is 203 Å². The Hall–Kier alpha value is -9.12. The fraction of sp³-hybridized carbons (Fsp3) is 0.256. The van der Waals surface area contributed by atoms with E-state index >= 15 is 0 Å². The normalized spacial score (nSPS) is 14.6. The Labute approximate surface area is 530 Å². The molecule has 2 aliphatic rings. The van der Waals surface area contributed by atoms with Crippen molar-refractivity contribution < 1.29 is 8.83 Å². The molecule has 90 heavy (non-hydrogen) atoms. The van der Waals surface area contributed by atoms with E-state index in [2.05, 4.69) is 259 Å². The van der Waals surface area contributed by atoms with Crippen LogP contribution in [0.3, 0.4) is 0 Å². The molecule has 0 amide bonds. The molecule has 16 rings (SSSR count). The van der Waals surface area contributed by atoms with E-state index in [0.717, 1.165) is 77.8 Å². The van der Waals surface area contributed by atoms with E-state index in [4.69, 9.17) is 8.83 Å². The minimum atomic E-state index is 0.354. The quantitative estimate of drug-likeness (QED) is 0.114. The fourth-order valence-electron chi connectivity index (χ4n) is 16.7. The second kappa shape index (κ2) is 22.4. The predicted molar refractivity (Wildman–Crippen MR) is 384 cm³/mol. The molecule has 12 aromatic carbocycles. The summed E-state index contributed by atoms with van der Waals surface area (Å²) in [6.07, 6.45) is 12.2. The molecular weight excluding hydrogens is 1090 g/mol. The first kappa shape index (κ1) is 56.1. The lowest BCUT2D eigenvalue weighted by Crippen LogP contribution is -2.15. The van der Waals surface area contributed by atoms with Crippen molar-refractivity contribution in [3.05, 3.63) is 239 Å². The zero-order chi connectivity index (χ0) is 61.1. The Bertz CT molecular complexity index is 4750. The summed E-state index contributed by atoms with van der Waals surface area (Å²) in [6.45, 7) is 18.2. The summed E-state index contributed by atoms with van der Waals surface area (Å²) in [4.78, 5) is 5.18. The number of aryl methyl sites for hydroxylation is 4. The molecule has 2 aliphatic carbocycles. The lowest BCUT2D eigenvalue weighted by molar-refractivity contribution is 0.445. The Kier molecular flexibility index (Phi) is 14.0. The van der Waals surface area contributed by atoms with Crippen LogP contribution in [0, 0.1) is 27.7 Å². The molecular formula is C86H80N2O2. The number of nitrogens with zero attached hydrogens (tertiary/aromatic N) is 2. The maximum atomic E-state index is 7.52. The summed E-state index contributed by atoms with van der Waals surface area (Å²) >= 11 is 0. The third kappa shape index (κ3) is 9.29. The standard InChI is InChI=1S/C86H80N2O2/c1-51(2)61-27-15-17-29-63(61)67-31-19-33-69-71-35-21-37-77(85(71)89-83(67)69)87(59-45-53(5)43-54(6)46-59)79-49-75(57-23-11-9-12-24-57)65-40-42-74-80(50-76(58-25-13-10-14-26-58)66-39-41-73(79)81(65)82(66)74)88(60-47-55(7)44-56(8)48-60)78-38-22-36-72-70-34-20-32-68(84(70)90-86(72)78)64-30-18-16-28-62(64)52(3)4/h15-22,27-52,57-58H,9-14,23-26H2,1-8H3. The molecule has 0 aliphatic heterocycles. The van der Waals surface area contributed by atoms with Crippen LogP contribution in [0.15, 0.2) is 203 Å². The largest absolute Gasteiger partial charge is 0.453 e. The van der Waals surface area contributed by atoms with Crippen molar-refractivity contribution in [2.45, 2.75) is 143 Å². The van der Waals surface area contributed by atoms with E-state index in [1.165, 1.54) is 164 Å². The second-order valence-electron chi connectivity index (χ2n) is 27.4. The van der Waals surface area contributed by atoms with Crippen LogP contribution in [0.4, 0.5) is 34.1 Å². The van der Waals surface area contributed by atoms with Crippen LogP contribution in [0.25, 0.3) is 98.4 Å². The number of rotatable bonds is 12. The molecule has 2 saturated carbocycles. The molecule has 446 valence electrons. The van der Waals surface area contributed by atoms with Gasteiger partial charge in [0.25, 0.3) is 0 Å². The summed E-state index contributed by atoms with van der Waals surface area (Å²) in [5.74, 6) is 1.54. The average molecular weight is 1170 g/mol. The van der Waals surface area contributed by atoms with Gasteiger partial charge in [-0.25, -0.2) is 0 Å². The summed E-state index contributed by atoms with van der Waals surface area (Å²) in [7, 11) is 0. The summed E-state index contributed by atoms with van der Waals surface area (Å²) in [6, 6.07) is 74.4. The van der Waals surface area contributed by atoms with Gasteiger partial charge in [0.15, 0.2) is 11.2 Å². The Morgan fingerprint density at radius 1 is 0.311 bits per heavy atom.